The number of hydrogen-bond donors (Lipinski definition) is 1. The molecule has 0 unspecified atom stereocenters. The maximum absolute atomic E-state index is 12.4. The highest BCUT2D eigenvalue weighted by Gasteiger charge is 2.11. The van der Waals surface area contributed by atoms with E-state index in [4.69, 9.17) is 11.6 Å². The summed E-state index contributed by atoms with van der Waals surface area (Å²) >= 11 is 6.15. The Morgan fingerprint density at radius 3 is 2.48 bits per heavy atom. The van der Waals surface area contributed by atoms with Crippen molar-refractivity contribution in [3.8, 4) is 11.3 Å². The smallest absolute Gasteiger partial charge is 0.267 e. The molecule has 138 valence electrons. The Bertz CT molecular complexity index is 1070. The molecule has 2 aromatic carbocycles. The van der Waals surface area contributed by atoms with Crippen LogP contribution < -0.4 is 10.9 Å². The highest BCUT2D eigenvalue weighted by molar-refractivity contribution is 6.33. The number of benzene rings is 2. The van der Waals surface area contributed by atoms with Gasteiger partial charge in [0.25, 0.3) is 5.56 Å². The molecule has 0 saturated carbocycles. The number of amides is 1. The van der Waals surface area contributed by atoms with Crippen LogP contribution in [0.5, 0.6) is 0 Å². The monoisotopic (exact) mass is 381 g/mol. The van der Waals surface area contributed by atoms with E-state index in [1.54, 1.807) is 18.2 Å². The van der Waals surface area contributed by atoms with Crippen molar-refractivity contribution < 1.29 is 4.79 Å². The van der Waals surface area contributed by atoms with Gasteiger partial charge in [-0.25, -0.2) is 4.68 Å². The number of nitrogens with one attached hydrogen (secondary N) is 1. The topological polar surface area (TPSA) is 64.0 Å². The molecule has 3 rings (SSSR count). The number of hydrogen-bond acceptors (Lipinski definition) is 3. The first-order valence-corrected chi connectivity index (χ1v) is 8.93. The minimum absolute atomic E-state index is 0.193. The molecule has 0 radical (unpaired) electrons. The van der Waals surface area contributed by atoms with Crippen molar-refractivity contribution in [3.63, 3.8) is 0 Å². The molecule has 3 aromatic rings. The number of rotatable bonds is 4. The molecule has 0 bridgehead atoms. The van der Waals surface area contributed by atoms with Gasteiger partial charge in [0.15, 0.2) is 0 Å². The first-order valence-electron chi connectivity index (χ1n) is 8.55. The van der Waals surface area contributed by atoms with Crippen molar-refractivity contribution in [3.05, 3.63) is 80.6 Å². The van der Waals surface area contributed by atoms with Crippen molar-refractivity contribution >= 4 is 23.2 Å². The van der Waals surface area contributed by atoms with Gasteiger partial charge in [-0.1, -0.05) is 35.4 Å². The minimum atomic E-state index is -0.367. The Kier molecular flexibility index (Phi) is 5.42. The van der Waals surface area contributed by atoms with E-state index in [1.165, 1.54) is 6.07 Å². The van der Waals surface area contributed by atoms with E-state index < -0.39 is 0 Å². The first kappa shape index (κ1) is 18.9. The maximum Gasteiger partial charge on any atom is 0.267 e. The van der Waals surface area contributed by atoms with Crippen LogP contribution in [0.2, 0.25) is 5.02 Å². The number of halogens is 1. The van der Waals surface area contributed by atoms with E-state index in [2.05, 4.69) is 10.4 Å². The minimum Gasteiger partial charge on any atom is -0.323 e. The van der Waals surface area contributed by atoms with Gasteiger partial charge < -0.3 is 5.32 Å². The number of anilines is 1. The second kappa shape index (κ2) is 7.76. The van der Waals surface area contributed by atoms with Gasteiger partial charge in [0.05, 0.1) is 16.4 Å². The van der Waals surface area contributed by atoms with E-state index >= 15 is 0 Å². The molecular weight excluding hydrogens is 362 g/mol. The fourth-order valence-electron chi connectivity index (χ4n) is 2.76. The molecule has 0 spiro atoms. The van der Waals surface area contributed by atoms with Crippen molar-refractivity contribution in [2.24, 2.45) is 0 Å². The predicted molar refractivity (Wildman–Crippen MR) is 108 cm³/mol. The van der Waals surface area contributed by atoms with E-state index in [9.17, 15) is 9.59 Å². The third-order valence-corrected chi connectivity index (χ3v) is 4.54. The van der Waals surface area contributed by atoms with Crippen molar-refractivity contribution in [2.45, 2.75) is 27.3 Å². The zero-order valence-corrected chi connectivity index (χ0v) is 16.2. The second-order valence-electron chi connectivity index (χ2n) is 6.56. The van der Waals surface area contributed by atoms with E-state index in [1.807, 2.05) is 45.0 Å². The fraction of sp³-hybridized carbons (Fsp3) is 0.190. The van der Waals surface area contributed by atoms with Crippen LogP contribution >= 0.6 is 11.6 Å². The quantitative estimate of drug-likeness (QED) is 0.739. The predicted octanol–water partition coefficient (Wildman–Crippen LogP) is 4.13. The molecule has 0 fully saturated rings. The van der Waals surface area contributed by atoms with Crippen LogP contribution in [0.15, 0.2) is 53.3 Å². The number of aryl methyl sites for hydroxylation is 3. The van der Waals surface area contributed by atoms with Crippen LogP contribution in [-0.4, -0.2) is 15.7 Å². The highest BCUT2D eigenvalue weighted by Crippen LogP contribution is 2.23. The van der Waals surface area contributed by atoms with Crippen LogP contribution in [0.1, 0.15) is 16.7 Å². The zero-order valence-electron chi connectivity index (χ0n) is 15.4. The normalized spacial score (nSPS) is 10.7. The molecule has 5 nitrogen and oxygen atoms in total. The summed E-state index contributed by atoms with van der Waals surface area (Å²) in [4.78, 5) is 24.5. The van der Waals surface area contributed by atoms with Gasteiger partial charge in [-0.05, 0) is 56.2 Å². The molecule has 27 heavy (non-hydrogen) atoms. The molecule has 0 aliphatic carbocycles. The van der Waals surface area contributed by atoms with Crippen molar-refractivity contribution in [1.29, 1.82) is 0 Å². The van der Waals surface area contributed by atoms with Gasteiger partial charge in [0, 0.05) is 11.6 Å². The number of carbonyl (C=O) groups is 1. The molecule has 1 heterocycles. The summed E-state index contributed by atoms with van der Waals surface area (Å²) in [7, 11) is 0. The lowest BCUT2D eigenvalue weighted by Crippen LogP contribution is -2.29. The van der Waals surface area contributed by atoms with Crippen LogP contribution in [0.4, 0.5) is 5.69 Å². The fourth-order valence-corrected chi connectivity index (χ4v) is 3.05. The largest absolute Gasteiger partial charge is 0.323 e. The van der Waals surface area contributed by atoms with Crippen molar-refractivity contribution in [1.82, 2.24) is 9.78 Å². The summed E-state index contributed by atoms with van der Waals surface area (Å²) < 4.78 is 1.16. The Balaban J connectivity index is 1.85. The summed E-state index contributed by atoms with van der Waals surface area (Å²) in [6.45, 7) is 5.71. The summed E-state index contributed by atoms with van der Waals surface area (Å²) in [6.07, 6.45) is 0. The second-order valence-corrected chi connectivity index (χ2v) is 6.97. The maximum atomic E-state index is 12.4. The molecule has 1 amide bonds. The van der Waals surface area contributed by atoms with Crippen molar-refractivity contribution in [2.75, 3.05) is 5.32 Å². The average molecular weight is 382 g/mol. The lowest BCUT2D eigenvalue weighted by atomic mass is 10.0. The lowest BCUT2D eigenvalue weighted by molar-refractivity contribution is -0.117. The summed E-state index contributed by atoms with van der Waals surface area (Å²) in [6, 6.07) is 14.5. The molecule has 6 heteroatoms. The third-order valence-electron chi connectivity index (χ3n) is 4.23. The third kappa shape index (κ3) is 4.44. The van der Waals surface area contributed by atoms with Crippen LogP contribution in [0.3, 0.4) is 0 Å². The molecule has 0 saturated heterocycles. The van der Waals surface area contributed by atoms with E-state index in [0.717, 1.165) is 26.9 Å². The number of nitrogens with zero attached hydrogens (tertiary/aromatic N) is 2. The van der Waals surface area contributed by atoms with Gasteiger partial charge >= 0.3 is 0 Å². The van der Waals surface area contributed by atoms with E-state index in [-0.39, 0.29) is 18.0 Å². The standard InChI is InChI=1S/C21H20ClN3O2/c1-13-4-6-15(3)16(10-13)18-8-9-21(27)25(24-18)12-20(26)23-19-7-5-14(2)11-17(19)22/h4-11H,12H2,1-3H3,(H,23,26). The molecule has 0 aliphatic heterocycles. The van der Waals surface area contributed by atoms with Crippen LogP contribution in [0.25, 0.3) is 11.3 Å². The lowest BCUT2D eigenvalue weighted by Gasteiger charge is -2.11. The Labute approximate surface area is 162 Å². The van der Waals surface area contributed by atoms with Gasteiger partial charge in [-0.2, -0.15) is 5.10 Å². The Morgan fingerprint density at radius 1 is 1.04 bits per heavy atom. The first-order chi connectivity index (χ1) is 12.8. The Hall–Kier alpha value is -2.92. The molecule has 1 aromatic heterocycles. The van der Waals surface area contributed by atoms with Gasteiger partial charge in [-0.15, -0.1) is 0 Å². The average Bonchev–Trinajstić information content (AvgIpc) is 2.61. The molecular formula is C21H20ClN3O2. The SMILES string of the molecule is Cc1ccc(NC(=O)Cn2nc(-c3cc(C)ccc3C)ccc2=O)c(Cl)c1. The number of aromatic nitrogens is 2. The highest BCUT2D eigenvalue weighted by atomic mass is 35.5. The van der Waals surface area contributed by atoms with Gasteiger partial charge in [-0.3, -0.25) is 9.59 Å². The summed E-state index contributed by atoms with van der Waals surface area (Å²) in [5, 5.41) is 7.55. The Morgan fingerprint density at radius 2 is 1.74 bits per heavy atom. The van der Waals surface area contributed by atoms with E-state index in [0.29, 0.717) is 16.4 Å². The van der Waals surface area contributed by atoms with Gasteiger partial charge in [0.2, 0.25) is 5.91 Å². The summed E-state index contributed by atoms with van der Waals surface area (Å²) in [5.41, 5.74) is 4.90. The van der Waals surface area contributed by atoms with Crippen LogP contribution in [0, 0.1) is 20.8 Å². The summed E-state index contributed by atoms with van der Waals surface area (Å²) in [5.74, 6) is -0.367. The molecule has 1 N–H and O–H groups in total. The van der Waals surface area contributed by atoms with Crippen LogP contribution in [-0.2, 0) is 11.3 Å². The zero-order chi connectivity index (χ0) is 19.6. The molecule has 0 aliphatic rings. The molecule has 0 atom stereocenters. The van der Waals surface area contributed by atoms with Gasteiger partial charge in [0.1, 0.15) is 6.54 Å². The number of carbonyl (C=O) groups excluding carboxylic acids is 1.